The molecule has 34 heavy (non-hydrogen) atoms. The Balaban J connectivity index is 1.27. The molecule has 0 aliphatic carbocycles. The minimum Gasteiger partial charge on any atom is -0.310 e. The van der Waals surface area contributed by atoms with Crippen LogP contribution in [0, 0.1) is 0 Å². The first-order valence-electron chi connectivity index (χ1n) is 11.5. The minimum absolute atomic E-state index is 0.0521. The summed E-state index contributed by atoms with van der Waals surface area (Å²) in [5.41, 5.74) is 4.60. The molecule has 170 valence electrons. The predicted molar refractivity (Wildman–Crippen MR) is 137 cm³/mol. The molecule has 0 unspecified atom stereocenters. The molecule has 4 aromatic rings. The zero-order valence-corrected chi connectivity index (χ0v) is 19.6. The number of pyridine rings is 1. The van der Waals surface area contributed by atoms with Gasteiger partial charge >= 0.3 is 0 Å². The molecular weight excluding hydrogens is 442 g/mol. The zero-order valence-electron chi connectivity index (χ0n) is 18.7. The first-order chi connectivity index (χ1) is 16.7. The van der Waals surface area contributed by atoms with Crippen molar-refractivity contribution >= 4 is 34.7 Å². The van der Waals surface area contributed by atoms with E-state index in [9.17, 15) is 9.59 Å². The van der Waals surface area contributed by atoms with Crippen molar-refractivity contribution in [2.24, 2.45) is 0 Å². The average Bonchev–Trinajstić information content (AvgIpc) is 3.24. The molecule has 6 heteroatoms. The number of rotatable bonds is 5. The highest BCUT2D eigenvalue weighted by Crippen LogP contribution is 2.32. The molecule has 0 spiro atoms. The molecule has 2 amide bonds. The topological polar surface area (TPSA) is 62.3 Å². The van der Waals surface area contributed by atoms with Crippen LogP contribution in [-0.2, 0) is 17.6 Å². The smallest absolute Gasteiger partial charge is 0.259 e. The quantitative estimate of drug-likeness (QED) is 0.393. The molecule has 1 aliphatic heterocycles. The SMILES string of the molecule is O=C(Cc1ccccc1-c1ccccc1)Nc1ccc(C(=O)N2CCCCc3sccc32)cn1. The van der Waals surface area contributed by atoms with Crippen LogP contribution in [0.2, 0.25) is 0 Å². The lowest BCUT2D eigenvalue weighted by Gasteiger charge is -2.21. The molecular formula is C28H25N3O2S. The highest BCUT2D eigenvalue weighted by atomic mass is 32.1. The zero-order chi connectivity index (χ0) is 23.3. The Morgan fingerprint density at radius 3 is 2.59 bits per heavy atom. The third kappa shape index (κ3) is 4.77. The van der Waals surface area contributed by atoms with E-state index < -0.39 is 0 Å². The van der Waals surface area contributed by atoms with Crippen LogP contribution in [0.15, 0.2) is 84.4 Å². The van der Waals surface area contributed by atoms with Gasteiger partial charge in [0.05, 0.1) is 17.7 Å². The van der Waals surface area contributed by atoms with Gasteiger partial charge in [0.1, 0.15) is 5.82 Å². The standard InChI is InChI=1S/C28H25N3O2S/c32-27(18-21-10-4-5-11-23(21)20-8-2-1-3-9-20)30-26-14-13-22(19-29-26)28(33)31-16-7-6-12-25-24(31)15-17-34-25/h1-5,8-11,13-15,17,19H,6-7,12,16,18H2,(H,29,30,32). The number of carbonyl (C=O) groups is 2. The summed E-state index contributed by atoms with van der Waals surface area (Å²) in [7, 11) is 0. The number of carbonyl (C=O) groups excluding carboxylic acids is 2. The van der Waals surface area contributed by atoms with Gasteiger partial charge in [0.15, 0.2) is 0 Å². The van der Waals surface area contributed by atoms with Crippen molar-refractivity contribution in [2.45, 2.75) is 25.7 Å². The highest BCUT2D eigenvalue weighted by molar-refractivity contribution is 7.10. The molecule has 0 saturated carbocycles. The van der Waals surface area contributed by atoms with E-state index in [-0.39, 0.29) is 18.2 Å². The maximum absolute atomic E-state index is 13.2. The number of anilines is 2. The Kier molecular flexibility index (Phi) is 6.49. The van der Waals surface area contributed by atoms with Gasteiger partial charge < -0.3 is 10.2 Å². The fraction of sp³-hybridized carbons (Fsp3) is 0.179. The number of benzene rings is 2. The summed E-state index contributed by atoms with van der Waals surface area (Å²) in [4.78, 5) is 33.4. The molecule has 0 fully saturated rings. The van der Waals surface area contributed by atoms with Gasteiger partial charge in [-0.3, -0.25) is 9.59 Å². The molecule has 1 aliphatic rings. The summed E-state index contributed by atoms with van der Waals surface area (Å²) in [5, 5.41) is 4.91. The molecule has 3 heterocycles. The van der Waals surface area contributed by atoms with Gasteiger partial charge in [-0.1, -0.05) is 54.6 Å². The fourth-order valence-corrected chi connectivity index (χ4v) is 5.25. The maximum atomic E-state index is 13.2. The number of hydrogen-bond donors (Lipinski definition) is 1. The molecule has 0 bridgehead atoms. The number of nitrogens with zero attached hydrogens (tertiary/aromatic N) is 2. The van der Waals surface area contributed by atoms with E-state index >= 15 is 0 Å². The third-order valence-electron chi connectivity index (χ3n) is 6.02. The van der Waals surface area contributed by atoms with Crippen molar-refractivity contribution in [2.75, 3.05) is 16.8 Å². The van der Waals surface area contributed by atoms with E-state index in [4.69, 9.17) is 0 Å². The molecule has 0 atom stereocenters. The molecule has 5 rings (SSSR count). The van der Waals surface area contributed by atoms with Gasteiger partial charge in [-0.2, -0.15) is 0 Å². The second-order valence-electron chi connectivity index (χ2n) is 8.32. The van der Waals surface area contributed by atoms with Gasteiger partial charge in [0, 0.05) is 17.6 Å². The second kappa shape index (κ2) is 10.0. The fourth-order valence-electron chi connectivity index (χ4n) is 4.33. The van der Waals surface area contributed by atoms with Crippen molar-refractivity contribution in [1.29, 1.82) is 0 Å². The van der Waals surface area contributed by atoms with E-state index in [0.29, 0.717) is 17.9 Å². The van der Waals surface area contributed by atoms with Crippen LogP contribution in [0.5, 0.6) is 0 Å². The van der Waals surface area contributed by atoms with Crippen molar-refractivity contribution in [3.63, 3.8) is 0 Å². The summed E-state index contributed by atoms with van der Waals surface area (Å²) < 4.78 is 0. The number of aromatic nitrogens is 1. The molecule has 0 radical (unpaired) electrons. The normalized spacial score (nSPS) is 13.1. The Morgan fingerprint density at radius 2 is 1.76 bits per heavy atom. The lowest BCUT2D eigenvalue weighted by atomic mass is 9.97. The van der Waals surface area contributed by atoms with Gasteiger partial charge in [0.2, 0.25) is 5.91 Å². The molecule has 2 aromatic carbocycles. The van der Waals surface area contributed by atoms with Crippen molar-refractivity contribution < 1.29 is 9.59 Å². The van der Waals surface area contributed by atoms with E-state index in [1.165, 1.54) is 4.88 Å². The predicted octanol–water partition coefficient (Wildman–Crippen LogP) is 5.97. The van der Waals surface area contributed by atoms with E-state index in [0.717, 1.165) is 41.6 Å². The number of aryl methyl sites for hydroxylation is 1. The first-order valence-corrected chi connectivity index (χ1v) is 12.3. The van der Waals surface area contributed by atoms with Crippen LogP contribution < -0.4 is 10.2 Å². The lowest BCUT2D eigenvalue weighted by Crippen LogP contribution is -2.31. The number of thiophene rings is 1. The number of amides is 2. The summed E-state index contributed by atoms with van der Waals surface area (Å²) >= 11 is 1.71. The van der Waals surface area contributed by atoms with Crippen LogP contribution >= 0.6 is 11.3 Å². The van der Waals surface area contributed by atoms with Gasteiger partial charge in [-0.25, -0.2) is 4.98 Å². The van der Waals surface area contributed by atoms with Crippen molar-refractivity contribution in [3.8, 4) is 11.1 Å². The van der Waals surface area contributed by atoms with Crippen LogP contribution in [0.1, 0.15) is 33.6 Å². The van der Waals surface area contributed by atoms with Gasteiger partial charge in [0.25, 0.3) is 5.91 Å². The summed E-state index contributed by atoms with van der Waals surface area (Å²) in [6.45, 7) is 0.710. The molecule has 2 aromatic heterocycles. The average molecular weight is 468 g/mol. The summed E-state index contributed by atoms with van der Waals surface area (Å²) in [6, 6.07) is 23.4. The highest BCUT2D eigenvalue weighted by Gasteiger charge is 2.23. The third-order valence-corrected chi connectivity index (χ3v) is 6.99. The summed E-state index contributed by atoms with van der Waals surface area (Å²) in [5.74, 6) is 0.236. The molecule has 0 saturated heterocycles. The van der Waals surface area contributed by atoms with Crippen LogP contribution in [0.3, 0.4) is 0 Å². The Bertz CT molecular complexity index is 1300. The molecule has 1 N–H and O–H groups in total. The van der Waals surface area contributed by atoms with Crippen molar-refractivity contribution in [1.82, 2.24) is 4.98 Å². The monoisotopic (exact) mass is 467 g/mol. The number of fused-ring (bicyclic) bond motifs is 1. The Labute approximate surface area is 203 Å². The maximum Gasteiger partial charge on any atom is 0.259 e. The largest absolute Gasteiger partial charge is 0.310 e. The van der Waals surface area contributed by atoms with Gasteiger partial charge in [-0.05, 0) is 59.5 Å². The minimum atomic E-state index is -0.148. The lowest BCUT2D eigenvalue weighted by molar-refractivity contribution is -0.115. The first kappa shape index (κ1) is 22.0. The van der Waals surface area contributed by atoms with Crippen LogP contribution in [0.4, 0.5) is 11.5 Å². The number of nitrogens with one attached hydrogen (secondary N) is 1. The Hall–Kier alpha value is -3.77. The van der Waals surface area contributed by atoms with Crippen LogP contribution in [-0.4, -0.2) is 23.3 Å². The molecule has 5 nitrogen and oxygen atoms in total. The van der Waals surface area contributed by atoms with E-state index in [2.05, 4.69) is 10.3 Å². The van der Waals surface area contributed by atoms with Crippen molar-refractivity contribution in [3.05, 3.63) is 100 Å². The van der Waals surface area contributed by atoms with E-state index in [1.807, 2.05) is 70.9 Å². The van der Waals surface area contributed by atoms with Gasteiger partial charge in [-0.15, -0.1) is 11.3 Å². The number of hydrogen-bond acceptors (Lipinski definition) is 4. The Morgan fingerprint density at radius 1 is 0.941 bits per heavy atom. The van der Waals surface area contributed by atoms with E-state index in [1.54, 1.807) is 29.7 Å². The summed E-state index contributed by atoms with van der Waals surface area (Å²) in [6.07, 6.45) is 4.88. The van der Waals surface area contributed by atoms with Crippen LogP contribution in [0.25, 0.3) is 11.1 Å². The second-order valence-corrected chi connectivity index (χ2v) is 9.32.